The Morgan fingerprint density at radius 1 is 0.611 bits per heavy atom. The van der Waals surface area contributed by atoms with E-state index in [1.54, 1.807) is 0 Å². The first-order chi connectivity index (χ1) is 17.5. The zero-order valence-electron chi connectivity index (χ0n) is 24.3. The molecule has 212 valence electrons. The molecule has 0 bridgehead atoms. The van der Waals surface area contributed by atoms with Gasteiger partial charge in [-0.3, -0.25) is 9.59 Å². The van der Waals surface area contributed by atoms with Gasteiger partial charge in [-0.1, -0.05) is 130 Å². The minimum absolute atomic E-state index is 0.100. The average Bonchev–Trinajstić information content (AvgIpc) is 2.88. The van der Waals surface area contributed by atoms with Crippen LogP contribution in [0.5, 0.6) is 0 Å². The highest BCUT2D eigenvalue weighted by molar-refractivity contribution is 5.76. The molecule has 2 atom stereocenters. The van der Waals surface area contributed by atoms with Gasteiger partial charge >= 0.3 is 11.9 Å². The molecule has 0 aromatic rings. The van der Waals surface area contributed by atoms with Crippen LogP contribution in [0.1, 0.15) is 162 Å². The minimum Gasteiger partial charge on any atom is -0.465 e. The predicted octanol–water partition coefficient (Wildman–Crippen LogP) is 9.58. The second-order valence-electron chi connectivity index (χ2n) is 11.7. The molecule has 1 fully saturated rings. The van der Waals surface area contributed by atoms with Gasteiger partial charge < -0.3 is 9.47 Å². The molecule has 0 aromatic heterocycles. The summed E-state index contributed by atoms with van der Waals surface area (Å²) < 4.78 is 11.1. The third-order valence-electron chi connectivity index (χ3n) is 7.75. The van der Waals surface area contributed by atoms with E-state index in [2.05, 4.69) is 20.8 Å². The van der Waals surface area contributed by atoms with E-state index in [-0.39, 0.29) is 23.8 Å². The molecule has 0 aliphatic heterocycles. The number of carbonyl (C=O) groups excluding carboxylic acids is 2. The van der Waals surface area contributed by atoms with Crippen molar-refractivity contribution in [3.63, 3.8) is 0 Å². The van der Waals surface area contributed by atoms with Gasteiger partial charge in [0.05, 0.1) is 25.0 Å². The maximum Gasteiger partial charge on any atom is 0.308 e. The molecule has 2 unspecified atom stereocenters. The summed E-state index contributed by atoms with van der Waals surface area (Å²) in [6.45, 7) is 7.89. The minimum atomic E-state index is -0.130. The lowest BCUT2D eigenvalue weighted by atomic mass is 9.81. The van der Waals surface area contributed by atoms with Crippen LogP contribution in [0.25, 0.3) is 0 Å². The van der Waals surface area contributed by atoms with Gasteiger partial charge in [-0.05, 0) is 38.0 Å². The van der Waals surface area contributed by atoms with Gasteiger partial charge in [-0.25, -0.2) is 0 Å². The van der Waals surface area contributed by atoms with Gasteiger partial charge in [0.2, 0.25) is 0 Å². The van der Waals surface area contributed by atoms with Crippen molar-refractivity contribution in [1.82, 2.24) is 0 Å². The van der Waals surface area contributed by atoms with E-state index in [9.17, 15) is 9.59 Å². The van der Waals surface area contributed by atoms with E-state index in [0.29, 0.717) is 19.6 Å². The van der Waals surface area contributed by atoms with Crippen molar-refractivity contribution in [1.29, 1.82) is 0 Å². The molecule has 1 rings (SSSR count). The Labute approximate surface area is 224 Å². The van der Waals surface area contributed by atoms with Gasteiger partial charge in [0, 0.05) is 0 Å². The molecule has 1 aliphatic carbocycles. The number of unbranched alkanes of at least 4 members (excludes halogenated alkanes) is 15. The first kappa shape index (κ1) is 33.0. The molecule has 0 saturated heterocycles. The van der Waals surface area contributed by atoms with Crippen LogP contribution >= 0.6 is 0 Å². The van der Waals surface area contributed by atoms with Crippen LogP contribution in [0, 0.1) is 17.8 Å². The van der Waals surface area contributed by atoms with Crippen LogP contribution in [-0.4, -0.2) is 25.2 Å². The average molecular weight is 509 g/mol. The fourth-order valence-corrected chi connectivity index (χ4v) is 5.33. The van der Waals surface area contributed by atoms with Crippen LogP contribution in [0.15, 0.2) is 0 Å². The number of hydrogen-bond donors (Lipinski definition) is 0. The Bertz CT molecular complexity index is 530. The first-order valence-corrected chi connectivity index (χ1v) is 15.9. The fraction of sp³-hybridized carbons (Fsp3) is 0.938. The largest absolute Gasteiger partial charge is 0.465 e. The molecular formula is C32H60O4. The molecule has 0 heterocycles. The van der Waals surface area contributed by atoms with E-state index in [1.807, 2.05) is 0 Å². The van der Waals surface area contributed by atoms with Gasteiger partial charge in [-0.2, -0.15) is 0 Å². The molecule has 1 saturated carbocycles. The van der Waals surface area contributed by atoms with Gasteiger partial charge in [-0.15, -0.1) is 0 Å². The summed E-state index contributed by atoms with van der Waals surface area (Å²) in [7, 11) is 0. The van der Waals surface area contributed by atoms with E-state index in [0.717, 1.165) is 50.9 Å². The Kier molecular flexibility index (Phi) is 21.1. The van der Waals surface area contributed by atoms with Crippen molar-refractivity contribution in [2.75, 3.05) is 13.2 Å². The maximum atomic E-state index is 12.5. The fourth-order valence-electron chi connectivity index (χ4n) is 5.33. The third kappa shape index (κ3) is 18.2. The monoisotopic (exact) mass is 508 g/mol. The summed E-state index contributed by atoms with van der Waals surface area (Å²) >= 11 is 0. The number of esters is 2. The smallest absolute Gasteiger partial charge is 0.308 e. The number of ether oxygens (including phenoxy) is 2. The zero-order chi connectivity index (χ0) is 26.3. The second kappa shape index (κ2) is 23.1. The summed E-state index contributed by atoms with van der Waals surface area (Å²) in [5, 5.41) is 0. The van der Waals surface area contributed by atoms with E-state index in [4.69, 9.17) is 9.47 Å². The highest BCUT2D eigenvalue weighted by Gasteiger charge is 2.32. The lowest BCUT2D eigenvalue weighted by molar-refractivity contribution is -0.155. The highest BCUT2D eigenvalue weighted by atomic mass is 16.5. The normalized spacial score (nSPS) is 17.9. The van der Waals surface area contributed by atoms with Crippen LogP contribution in [0.4, 0.5) is 0 Å². The molecule has 4 nitrogen and oxygen atoms in total. The number of hydrogen-bond acceptors (Lipinski definition) is 4. The van der Waals surface area contributed by atoms with Crippen LogP contribution in [0.3, 0.4) is 0 Å². The van der Waals surface area contributed by atoms with Crippen molar-refractivity contribution < 1.29 is 19.1 Å². The lowest BCUT2D eigenvalue weighted by Gasteiger charge is -2.26. The van der Waals surface area contributed by atoms with Crippen LogP contribution < -0.4 is 0 Å². The highest BCUT2D eigenvalue weighted by Crippen LogP contribution is 2.31. The maximum absolute atomic E-state index is 12.5. The quantitative estimate of drug-likeness (QED) is 0.102. The summed E-state index contributed by atoms with van der Waals surface area (Å²) in [5.41, 5.74) is 0. The second-order valence-corrected chi connectivity index (χ2v) is 11.7. The Hall–Kier alpha value is -1.06. The third-order valence-corrected chi connectivity index (χ3v) is 7.75. The topological polar surface area (TPSA) is 52.6 Å². The van der Waals surface area contributed by atoms with Crippen LogP contribution in [0.2, 0.25) is 0 Å². The van der Waals surface area contributed by atoms with Gasteiger partial charge in [0.1, 0.15) is 0 Å². The van der Waals surface area contributed by atoms with Crippen molar-refractivity contribution in [2.24, 2.45) is 17.8 Å². The molecule has 1 aliphatic rings. The van der Waals surface area contributed by atoms with Gasteiger partial charge in [0.25, 0.3) is 0 Å². The molecule has 36 heavy (non-hydrogen) atoms. The van der Waals surface area contributed by atoms with Gasteiger partial charge in [0.15, 0.2) is 0 Å². The summed E-state index contributed by atoms with van der Waals surface area (Å²) in [6.07, 6.45) is 25.9. The predicted molar refractivity (Wildman–Crippen MR) is 151 cm³/mol. The van der Waals surface area contributed by atoms with E-state index >= 15 is 0 Å². The SMILES string of the molecule is CCCCCCCCCCCCOC(=O)C1CCCC(C(=O)OCCCCCCCCCC(C)C)C1. The molecule has 0 spiro atoms. The molecule has 0 N–H and O–H groups in total. The number of carbonyl (C=O) groups is 2. The summed E-state index contributed by atoms with van der Waals surface area (Å²) in [4.78, 5) is 25.0. The Morgan fingerprint density at radius 2 is 1.00 bits per heavy atom. The standard InChI is InChI=1S/C32H60O4/c1-4-5-6-7-8-9-10-13-16-19-25-35-31(33)29-23-21-24-30(27-29)32(34)36-26-20-17-14-11-12-15-18-22-28(2)3/h28-30H,4-27H2,1-3H3. The molecule has 4 heteroatoms. The van der Waals surface area contributed by atoms with Crippen molar-refractivity contribution in [3.8, 4) is 0 Å². The van der Waals surface area contributed by atoms with Crippen LogP contribution in [-0.2, 0) is 19.1 Å². The molecular weight excluding hydrogens is 448 g/mol. The molecule has 0 amide bonds. The Balaban J connectivity index is 2.01. The van der Waals surface area contributed by atoms with E-state index in [1.165, 1.54) is 89.9 Å². The van der Waals surface area contributed by atoms with Crippen molar-refractivity contribution >= 4 is 11.9 Å². The summed E-state index contributed by atoms with van der Waals surface area (Å²) in [5.74, 6) is 0.358. The first-order valence-electron chi connectivity index (χ1n) is 15.9. The number of rotatable bonds is 23. The Morgan fingerprint density at radius 3 is 1.42 bits per heavy atom. The van der Waals surface area contributed by atoms with E-state index < -0.39 is 0 Å². The summed E-state index contributed by atoms with van der Waals surface area (Å²) in [6, 6.07) is 0. The van der Waals surface area contributed by atoms with Crippen molar-refractivity contribution in [2.45, 2.75) is 162 Å². The molecule has 0 radical (unpaired) electrons. The molecule has 0 aromatic carbocycles. The zero-order valence-corrected chi connectivity index (χ0v) is 24.3. The van der Waals surface area contributed by atoms with Crippen molar-refractivity contribution in [3.05, 3.63) is 0 Å². The lowest BCUT2D eigenvalue weighted by Crippen LogP contribution is -2.30.